The maximum atomic E-state index is 13.7. The average Bonchev–Trinajstić information content (AvgIpc) is 3.40. The van der Waals surface area contributed by atoms with Gasteiger partial charge in [0, 0.05) is 31.1 Å². The van der Waals surface area contributed by atoms with Gasteiger partial charge in [-0.15, -0.1) is 11.3 Å². The third-order valence-corrected chi connectivity index (χ3v) is 7.61. The molecule has 0 bridgehead atoms. The molecule has 0 saturated carbocycles. The van der Waals surface area contributed by atoms with E-state index in [4.69, 9.17) is 23.7 Å². The van der Waals surface area contributed by atoms with Gasteiger partial charge in [0.25, 0.3) is 0 Å². The van der Waals surface area contributed by atoms with Crippen molar-refractivity contribution in [3.8, 4) is 23.0 Å². The van der Waals surface area contributed by atoms with Crippen molar-refractivity contribution in [2.24, 2.45) is 0 Å². The van der Waals surface area contributed by atoms with E-state index >= 15 is 0 Å². The molecule has 0 saturated heterocycles. The number of nitrogens with one attached hydrogen (secondary N) is 1. The molecular weight excluding hydrogens is 546 g/mol. The molecule has 0 aliphatic carbocycles. The summed E-state index contributed by atoms with van der Waals surface area (Å²) >= 11 is 1.61. The number of aryl methyl sites for hydroxylation is 1. The zero-order valence-corrected chi connectivity index (χ0v) is 25.3. The molecule has 2 aromatic carbocycles. The summed E-state index contributed by atoms with van der Waals surface area (Å²) in [5, 5.41) is 4.87. The van der Waals surface area contributed by atoms with Crippen molar-refractivity contribution >= 4 is 29.0 Å². The Hall–Kier alpha value is -3.96. The van der Waals surface area contributed by atoms with E-state index in [9.17, 15) is 9.59 Å². The molecule has 11 heteroatoms. The van der Waals surface area contributed by atoms with Crippen LogP contribution in [0.3, 0.4) is 0 Å². The molecule has 3 amide bonds. The highest BCUT2D eigenvalue weighted by atomic mass is 32.1. The number of anilines is 1. The topological polar surface area (TPSA) is 98.8 Å². The first kappa shape index (κ1) is 31.6. The van der Waals surface area contributed by atoms with Crippen LogP contribution in [-0.2, 0) is 22.5 Å². The summed E-state index contributed by atoms with van der Waals surface area (Å²) < 4.78 is 26.7. The van der Waals surface area contributed by atoms with Crippen LogP contribution in [0.4, 0.5) is 10.5 Å². The van der Waals surface area contributed by atoms with E-state index in [2.05, 4.69) is 5.32 Å². The number of benzene rings is 2. The van der Waals surface area contributed by atoms with Crippen molar-refractivity contribution in [3.63, 3.8) is 0 Å². The fourth-order valence-electron chi connectivity index (χ4n) is 4.14. The van der Waals surface area contributed by atoms with Crippen molar-refractivity contribution in [2.45, 2.75) is 19.9 Å². The lowest BCUT2D eigenvalue weighted by Gasteiger charge is -2.28. The molecule has 1 heterocycles. The minimum absolute atomic E-state index is 0.121. The summed E-state index contributed by atoms with van der Waals surface area (Å²) in [5.41, 5.74) is 2.59. The molecule has 1 N–H and O–H groups in total. The van der Waals surface area contributed by atoms with Gasteiger partial charge in [-0.3, -0.25) is 4.79 Å². The Kier molecular flexibility index (Phi) is 12.1. The van der Waals surface area contributed by atoms with Crippen LogP contribution in [0.15, 0.2) is 47.8 Å². The summed E-state index contributed by atoms with van der Waals surface area (Å²) in [6.45, 7) is 3.32. The largest absolute Gasteiger partial charge is 0.497 e. The van der Waals surface area contributed by atoms with Gasteiger partial charge in [0.2, 0.25) is 5.91 Å². The molecule has 0 fully saturated rings. The van der Waals surface area contributed by atoms with E-state index in [1.165, 1.54) is 12.0 Å². The van der Waals surface area contributed by atoms with Gasteiger partial charge in [-0.05, 0) is 60.2 Å². The minimum atomic E-state index is -0.439. The first-order valence-electron chi connectivity index (χ1n) is 13.1. The maximum absolute atomic E-state index is 13.7. The number of thiophene rings is 1. The van der Waals surface area contributed by atoms with Gasteiger partial charge in [-0.1, -0.05) is 6.07 Å². The van der Waals surface area contributed by atoms with Crippen LogP contribution in [0.25, 0.3) is 0 Å². The normalized spacial score (nSPS) is 10.6. The summed E-state index contributed by atoms with van der Waals surface area (Å²) in [7, 11) is 7.81. The van der Waals surface area contributed by atoms with Crippen LogP contribution < -0.4 is 24.3 Å². The first-order chi connectivity index (χ1) is 19.8. The molecule has 10 nitrogen and oxygen atoms in total. The molecule has 0 unspecified atom stereocenters. The van der Waals surface area contributed by atoms with Crippen molar-refractivity contribution in [3.05, 3.63) is 63.8 Å². The van der Waals surface area contributed by atoms with E-state index in [-0.39, 0.29) is 25.6 Å². The van der Waals surface area contributed by atoms with Crippen LogP contribution in [0.5, 0.6) is 23.0 Å². The molecule has 0 aliphatic rings. The quantitative estimate of drug-likeness (QED) is 0.273. The van der Waals surface area contributed by atoms with Crippen LogP contribution in [0, 0.1) is 6.92 Å². The van der Waals surface area contributed by atoms with Crippen molar-refractivity contribution in [1.82, 2.24) is 9.80 Å². The molecule has 0 spiro atoms. The van der Waals surface area contributed by atoms with Gasteiger partial charge in [0.15, 0.2) is 11.5 Å². The van der Waals surface area contributed by atoms with Crippen LogP contribution >= 0.6 is 11.3 Å². The van der Waals surface area contributed by atoms with E-state index in [1.54, 1.807) is 62.9 Å². The minimum Gasteiger partial charge on any atom is -0.497 e. The Labute approximate surface area is 245 Å². The Morgan fingerprint density at radius 2 is 1.59 bits per heavy atom. The fraction of sp³-hybridized carbons (Fsp3) is 0.400. The lowest BCUT2D eigenvalue weighted by Crippen LogP contribution is -2.46. The number of amides is 3. The van der Waals surface area contributed by atoms with Crippen molar-refractivity contribution < 1.29 is 33.3 Å². The molecule has 0 atom stereocenters. The highest BCUT2D eigenvalue weighted by molar-refractivity contribution is 7.10. The second-order valence-electron chi connectivity index (χ2n) is 9.19. The second-order valence-corrected chi connectivity index (χ2v) is 10.2. The Bertz CT molecular complexity index is 1300. The summed E-state index contributed by atoms with van der Waals surface area (Å²) in [6, 6.07) is 12.4. The van der Waals surface area contributed by atoms with Crippen molar-refractivity contribution in [1.29, 1.82) is 0 Å². The molecule has 222 valence electrons. The molecule has 3 rings (SSSR count). The highest BCUT2D eigenvalue weighted by Gasteiger charge is 2.23. The third kappa shape index (κ3) is 8.76. The average molecular weight is 586 g/mol. The van der Waals surface area contributed by atoms with Gasteiger partial charge < -0.3 is 38.8 Å². The molecule has 3 aromatic rings. The standard InChI is InChI=1S/C30H39N3O7S/c1-21-12-16-41-28(21)19-32(13-11-22-7-10-25(38-4)27(17-22)40-6)29(34)20-33(14-15-36-2)30(35)31-24-9-8-23(37-3)18-26(24)39-5/h7-10,12,16-18H,11,13-15,19-20H2,1-6H3,(H,31,35). The number of rotatable bonds is 15. The lowest BCUT2D eigenvalue weighted by molar-refractivity contribution is -0.132. The highest BCUT2D eigenvalue weighted by Crippen LogP contribution is 2.30. The monoisotopic (exact) mass is 585 g/mol. The zero-order chi connectivity index (χ0) is 29.8. The maximum Gasteiger partial charge on any atom is 0.322 e. The van der Waals surface area contributed by atoms with E-state index in [1.807, 2.05) is 36.6 Å². The van der Waals surface area contributed by atoms with Gasteiger partial charge in [0.1, 0.15) is 18.0 Å². The van der Waals surface area contributed by atoms with Crippen LogP contribution in [-0.4, -0.2) is 83.5 Å². The molecule has 0 radical (unpaired) electrons. The molecular formula is C30H39N3O7S. The first-order valence-corrected chi connectivity index (χ1v) is 14.0. The Balaban J connectivity index is 1.79. The molecule has 0 aliphatic heterocycles. The predicted octanol–water partition coefficient (Wildman–Crippen LogP) is 4.84. The summed E-state index contributed by atoms with van der Waals surface area (Å²) in [6.07, 6.45) is 0.601. The van der Waals surface area contributed by atoms with Crippen LogP contribution in [0.2, 0.25) is 0 Å². The predicted molar refractivity (Wildman–Crippen MR) is 160 cm³/mol. The number of methoxy groups -OCH3 is 5. The van der Waals surface area contributed by atoms with E-state index in [0.717, 1.165) is 16.0 Å². The second kappa shape index (κ2) is 15.7. The van der Waals surface area contributed by atoms with Gasteiger partial charge >= 0.3 is 6.03 Å². The van der Waals surface area contributed by atoms with Gasteiger partial charge in [-0.2, -0.15) is 0 Å². The lowest BCUT2D eigenvalue weighted by atomic mass is 10.1. The molecule has 1 aromatic heterocycles. The van der Waals surface area contributed by atoms with Crippen LogP contribution in [0.1, 0.15) is 16.0 Å². The third-order valence-electron chi connectivity index (χ3n) is 6.60. The number of carbonyl (C=O) groups is 2. The van der Waals surface area contributed by atoms with E-state index < -0.39 is 6.03 Å². The van der Waals surface area contributed by atoms with Crippen molar-refractivity contribution in [2.75, 3.05) is 67.1 Å². The zero-order valence-electron chi connectivity index (χ0n) is 24.5. The van der Waals surface area contributed by atoms with Gasteiger partial charge in [0.05, 0.1) is 47.3 Å². The number of carbonyl (C=O) groups excluding carboxylic acids is 2. The van der Waals surface area contributed by atoms with E-state index in [0.29, 0.717) is 48.2 Å². The number of ether oxygens (including phenoxy) is 5. The number of urea groups is 1. The number of hydrogen-bond acceptors (Lipinski definition) is 8. The summed E-state index contributed by atoms with van der Waals surface area (Å²) in [5.74, 6) is 2.15. The Morgan fingerprint density at radius 1 is 0.829 bits per heavy atom. The Morgan fingerprint density at radius 3 is 2.22 bits per heavy atom. The number of nitrogens with zero attached hydrogens (tertiary/aromatic N) is 2. The fourth-order valence-corrected chi connectivity index (χ4v) is 5.07. The summed E-state index contributed by atoms with van der Waals surface area (Å²) in [4.78, 5) is 31.4. The SMILES string of the molecule is COCCN(CC(=O)N(CCc1ccc(OC)c(OC)c1)Cc1sccc1C)C(=O)Nc1ccc(OC)cc1OC. The number of hydrogen-bond donors (Lipinski definition) is 1. The van der Waals surface area contributed by atoms with Gasteiger partial charge in [-0.25, -0.2) is 4.79 Å². The smallest absolute Gasteiger partial charge is 0.322 e. The molecule has 41 heavy (non-hydrogen) atoms.